The van der Waals surface area contributed by atoms with E-state index in [1.165, 1.54) is 6.26 Å². The van der Waals surface area contributed by atoms with Crippen LogP contribution in [0.4, 0.5) is 0 Å². The Kier molecular flexibility index (Phi) is 4.23. The fourth-order valence-corrected chi connectivity index (χ4v) is 4.04. The molecule has 29 heavy (non-hydrogen) atoms. The Hall–Kier alpha value is -3.02. The van der Waals surface area contributed by atoms with E-state index >= 15 is 0 Å². The number of hydrogen-bond acceptors (Lipinski definition) is 4. The molecule has 2 aromatic carbocycles. The first-order valence-corrected chi connectivity index (χ1v) is 9.64. The van der Waals surface area contributed by atoms with Crippen molar-refractivity contribution < 1.29 is 13.6 Å². The lowest BCUT2D eigenvalue weighted by atomic mass is 9.98. The fourth-order valence-electron chi connectivity index (χ4n) is 3.73. The van der Waals surface area contributed by atoms with Crippen molar-refractivity contribution in [3.05, 3.63) is 104 Å². The molecule has 0 fully saturated rings. The van der Waals surface area contributed by atoms with E-state index in [-0.39, 0.29) is 23.6 Å². The summed E-state index contributed by atoms with van der Waals surface area (Å²) in [4.78, 5) is 28.1. The second kappa shape index (κ2) is 6.79. The topological polar surface area (TPSA) is 63.7 Å². The maximum atomic E-state index is 13.3. The third kappa shape index (κ3) is 2.85. The van der Waals surface area contributed by atoms with Crippen molar-refractivity contribution >= 4 is 40.1 Å². The Morgan fingerprint density at radius 2 is 1.79 bits per heavy atom. The normalized spacial score (nSPS) is 15.9. The number of furan rings is 1. The summed E-state index contributed by atoms with van der Waals surface area (Å²) in [5.74, 6) is 0.250. The molecule has 0 N–H and O–H groups in total. The third-order valence-electron chi connectivity index (χ3n) is 5.04. The number of hydrogen-bond donors (Lipinski definition) is 0. The van der Waals surface area contributed by atoms with Crippen LogP contribution in [0.2, 0.25) is 10.0 Å². The van der Waals surface area contributed by atoms with Gasteiger partial charge in [-0.05, 0) is 42.0 Å². The zero-order chi connectivity index (χ0) is 20.1. The van der Waals surface area contributed by atoms with Gasteiger partial charge in [0, 0.05) is 0 Å². The smallest absolute Gasteiger partial charge is 0.291 e. The second-order valence-electron chi connectivity index (χ2n) is 6.76. The van der Waals surface area contributed by atoms with E-state index in [0.717, 1.165) is 0 Å². The maximum Gasteiger partial charge on any atom is 0.291 e. The number of carbonyl (C=O) groups is 1. The summed E-state index contributed by atoms with van der Waals surface area (Å²) < 4.78 is 11.3. The Bertz CT molecular complexity index is 1310. The van der Waals surface area contributed by atoms with Crippen LogP contribution in [0.5, 0.6) is 0 Å². The third-order valence-corrected chi connectivity index (χ3v) is 5.78. The summed E-state index contributed by atoms with van der Waals surface area (Å²) in [7, 11) is 0. The Morgan fingerprint density at radius 1 is 0.966 bits per heavy atom. The highest BCUT2D eigenvalue weighted by molar-refractivity contribution is 6.42. The highest BCUT2D eigenvalue weighted by atomic mass is 35.5. The molecule has 144 valence electrons. The first kappa shape index (κ1) is 18.0. The van der Waals surface area contributed by atoms with Crippen LogP contribution in [0.3, 0.4) is 0 Å². The number of benzene rings is 2. The largest absolute Gasteiger partial charge is 0.467 e. The molecule has 0 saturated heterocycles. The number of para-hydroxylation sites is 1. The van der Waals surface area contributed by atoms with E-state index in [1.54, 1.807) is 59.5 Å². The van der Waals surface area contributed by atoms with Crippen molar-refractivity contribution in [1.82, 2.24) is 4.90 Å². The second-order valence-corrected chi connectivity index (χ2v) is 7.57. The zero-order valence-corrected chi connectivity index (χ0v) is 16.4. The number of nitrogens with zero attached hydrogens (tertiary/aromatic N) is 1. The molecule has 1 aliphatic heterocycles. The number of rotatable bonds is 3. The summed E-state index contributed by atoms with van der Waals surface area (Å²) in [5.41, 5.74) is 1.09. The van der Waals surface area contributed by atoms with E-state index in [9.17, 15) is 9.59 Å². The van der Waals surface area contributed by atoms with Crippen molar-refractivity contribution in [1.29, 1.82) is 0 Å². The van der Waals surface area contributed by atoms with Gasteiger partial charge >= 0.3 is 0 Å². The lowest BCUT2D eigenvalue weighted by Gasteiger charge is -2.24. The first-order chi connectivity index (χ1) is 14.0. The number of fused-ring (bicyclic) bond motifs is 2. The molecular weight excluding hydrogens is 413 g/mol. The zero-order valence-electron chi connectivity index (χ0n) is 14.9. The summed E-state index contributed by atoms with van der Waals surface area (Å²) >= 11 is 12.3. The molecule has 0 saturated carbocycles. The van der Waals surface area contributed by atoms with Gasteiger partial charge in [-0.15, -0.1) is 0 Å². The lowest BCUT2D eigenvalue weighted by Crippen LogP contribution is -2.29. The summed E-state index contributed by atoms with van der Waals surface area (Å²) in [6.45, 7) is 0.177. The quantitative estimate of drug-likeness (QED) is 0.438. The molecule has 7 heteroatoms. The molecule has 0 unspecified atom stereocenters. The monoisotopic (exact) mass is 425 g/mol. The number of carbonyl (C=O) groups excluding carboxylic acids is 1. The van der Waals surface area contributed by atoms with E-state index < -0.39 is 6.04 Å². The summed E-state index contributed by atoms with van der Waals surface area (Å²) in [5, 5.41) is 1.15. The van der Waals surface area contributed by atoms with Gasteiger partial charge in [-0.25, -0.2) is 0 Å². The molecule has 2 aromatic heterocycles. The van der Waals surface area contributed by atoms with E-state index in [2.05, 4.69) is 0 Å². The predicted octanol–water partition coefficient (Wildman–Crippen LogP) is 5.44. The highest BCUT2D eigenvalue weighted by Gasteiger charge is 2.43. The molecule has 1 amide bonds. The average Bonchev–Trinajstić information content (AvgIpc) is 3.32. The molecule has 4 aromatic rings. The molecule has 0 spiro atoms. The van der Waals surface area contributed by atoms with Gasteiger partial charge in [-0.2, -0.15) is 0 Å². The Morgan fingerprint density at radius 3 is 2.55 bits per heavy atom. The van der Waals surface area contributed by atoms with Crippen molar-refractivity contribution in [2.45, 2.75) is 12.6 Å². The van der Waals surface area contributed by atoms with E-state index in [4.69, 9.17) is 32.0 Å². The summed E-state index contributed by atoms with van der Waals surface area (Å²) in [6.07, 6.45) is 1.54. The molecule has 1 atom stereocenters. The molecule has 0 bridgehead atoms. The summed E-state index contributed by atoms with van der Waals surface area (Å²) in [6, 6.07) is 14.8. The van der Waals surface area contributed by atoms with Crippen LogP contribution in [-0.2, 0) is 6.54 Å². The van der Waals surface area contributed by atoms with Crippen LogP contribution in [0.1, 0.15) is 33.5 Å². The van der Waals surface area contributed by atoms with Crippen LogP contribution in [-0.4, -0.2) is 10.8 Å². The number of amides is 1. The van der Waals surface area contributed by atoms with Crippen LogP contribution in [0, 0.1) is 0 Å². The minimum atomic E-state index is -0.668. The van der Waals surface area contributed by atoms with Gasteiger partial charge in [-0.1, -0.05) is 41.4 Å². The van der Waals surface area contributed by atoms with Crippen LogP contribution in [0.15, 0.2) is 74.5 Å². The predicted molar refractivity (Wildman–Crippen MR) is 109 cm³/mol. The van der Waals surface area contributed by atoms with Crippen LogP contribution >= 0.6 is 23.2 Å². The highest BCUT2D eigenvalue weighted by Crippen LogP contribution is 2.40. The maximum absolute atomic E-state index is 13.3. The van der Waals surface area contributed by atoms with E-state index in [0.29, 0.717) is 37.9 Å². The Labute approximate surface area is 175 Å². The Balaban J connectivity index is 1.76. The molecule has 1 aliphatic rings. The SMILES string of the molecule is O=C1c2oc3ccccc3c(=O)c2[C@@H](c2ccc(Cl)c(Cl)c2)N1Cc1ccco1. The van der Waals surface area contributed by atoms with Crippen molar-refractivity contribution in [2.75, 3.05) is 0 Å². The van der Waals surface area contributed by atoms with Gasteiger partial charge in [0.25, 0.3) is 5.91 Å². The van der Waals surface area contributed by atoms with Gasteiger partial charge in [0.2, 0.25) is 5.76 Å². The number of halogens is 2. The molecule has 0 radical (unpaired) electrons. The van der Waals surface area contributed by atoms with Crippen molar-refractivity contribution in [3.8, 4) is 0 Å². The molecule has 0 aliphatic carbocycles. The van der Waals surface area contributed by atoms with Gasteiger partial charge in [0.15, 0.2) is 5.43 Å². The minimum Gasteiger partial charge on any atom is -0.467 e. The van der Waals surface area contributed by atoms with Crippen molar-refractivity contribution in [3.63, 3.8) is 0 Å². The standard InChI is InChI=1S/C22H13Cl2NO4/c23-15-8-7-12(10-16(15)24)19-18-20(26)14-5-1-2-6-17(14)29-21(18)22(27)25(19)11-13-4-3-9-28-13/h1-10,19H,11H2/t19-/m1/s1. The molecule has 3 heterocycles. The van der Waals surface area contributed by atoms with Gasteiger partial charge in [0.1, 0.15) is 11.3 Å². The van der Waals surface area contributed by atoms with Gasteiger partial charge < -0.3 is 13.7 Å². The fraction of sp³-hybridized carbons (Fsp3) is 0.0909. The minimum absolute atomic E-state index is 0.0383. The van der Waals surface area contributed by atoms with Crippen molar-refractivity contribution in [2.24, 2.45) is 0 Å². The molecular formula is C22H13Cl2NO4. The molecule has 5 nitrogen and oxygen atoms in total. The lowest BCUT2D eigenvalue weighted by molar-refractivity contribution is 0.0701. The van der Waals surface area contributed by atoms with E-state index in [1.807, 2.05) is 0 Å². The van der Waals surface area contributed by atoms with Crippen LogP contribution in [0.25, 0.3) is 11.0 Å². The molecule has 5 rings (SSSR count). The average molecular weight is 426 g/mol. The first-order valence-electron chi connectivity index (χ1n) is 8.88. The van der Waals surface area contributed by atoms with Gasteiger partial charge in [0.05, 0.1) is 39.8 Å². The van der Waals surface area contributed by atoms with Crippen LogP contribution < -0.4 is 5.43 Å². The van der Waals surface area contributed by atoms with Gasteiger partial charge in [-0.3, -0.25) is 9.59 Å².